The first-order chi connectivity index (χ1) is 14.5. The Balaban J connectivity index is 1.45. The van der Waals surface area contributed by atoms with Gasteiger partial charge in [0.1, 0.15) is 6.04 Å². The van der Waals surface area contributed by atoms with Crippen molar-refractivity contribution in [3.05, 3.63) is 95.1 Å². The van der Waals surface area contributed by atoms with Crippen LogP contribution in [0.5, 0.6) is 0 Å². The van der Waals surface area contributed by atoms with Crippen LogP contribution >= 0.6 is 12.2 Å². The van der Waals surface area contributed by atoms with E-state index in [2.05, 4.69) is 16.2 Å². The minimum Gasteiger partial charge on any atom is -0.371 e. The van der Waals surface area contributed by atoms with Crippen LogP contribution in [0.2, 0.25) is 0 Å². The Bertz CT molecular complexity index is 1090. The number of hydrogen-bond donors (Lipinski definition) is 0. The Morgan fingerprint density at radius 2 is 1.73 bits per heavy atom. The largest absolute Gasteiger partial charge is 0.416 e. The van der Waals surface area contributed by atoms with Gasteiger partial charge in [-0.3, -0.25) is 0 Å². The van der Waals surface area contributed by atoms with Crippen LogP contribution in [0, 0.1) is 0 Å². The van der Waals surface area contributed by atoms with Gasteiger partial charge in [0.2, 0.25) is 0 Å². The Morgan fingerprint density at radius 1 is 0.967 bits per heavy atom. The highest BCUT2D eigenvalue weighted by molar-refractivity contribution is 7.78. The number of isothiocyanates is 1. The van der Waals surface area contributed by atoms with E-state index >= 15 is 0 Å². The molecule has 0 heterocycles. The molecule has 0 fully saturated rings. The SMILES string of the molecule is FC(F)(F)c1cccc(-c2ccc(CO[C@H]3Cc4ccccc4[C@H]3N=C=S)cc2)c1. The van der Waals surface area contributed by atoms with Crippen LogP contribution in [0.15, 0.2) is 77.8 Å². The van der Waals surface area contributed by atoms with Gasteiger partial charge in [-0.15, -0.1) is 0 Å². The average molecular weight is 425 g/mol. The van der Waals surface area contributed by atoms with Gasteiger partial charge in [-0.05, 0) is 52.2 Å². The molecular weight excluding hydrogens is 407 g/mol. The summed E-state index contributed by atoms with van der Waals surface area (Å²) in [6.45, 7) is 0.380. The summed E-state index contributed by atoms with van der Waals surface area (Å²) in [6, 6.07) is 20.6. The fourth-order valence-corrected chi connectivity index (χ4v) is 3.88. The van der Waals surface area contributed by atoms with Gasteiger partial charge >= 0.3 is 6.18 Å². The summed E-state index contributed by atoms with van der Waals surface area (Å²) in [6.07, 6.45) is -3.73. The maximum atomic E-state index is 12.9. The molecule has 30 heavy (non-hydrogen) atoms. The van der Waals surface area contributed by atoms with Crippen molar-refractivity contribution in [1.82, 2.24) is 0 Å². The summed E-state index contributed by atoms with van der Waals surface area (Å²) in [5.41, 5.74) is 3.84. The van der Waals surface area contributed by atoms with Crippen LogP contribution in [0.4, 0.5) is 13.2 Å². The van der Waals surface area contributed by atoms with E-state index in [-0.39, 0.29) is 12.1 Å². The highest BCUT2D eigenvalue weighted by atomic mass is 32.1. The molecule has 0 bridgehead atoms. The standard InChI is InChI=1S/C24H18F3NOS/c25-24(26,27)20-6-3-5-18(12-20)17-10-8-16(9-11-17)14-29-22-13-19-4-1-2-7-21(19)23(22)28-15-30/h1-12,22-23H,13-14H2/t22-,23+/m0/s1. The van der Waals surface area contributed by atoms with Crippen molar-refractivity contribution < 1.29 is 17.9 Å². The average Bonchev–Trinajstić information content (AvgIpc) is 3.10. The highest BCUT2D eigenvalue weighted by Gasteiger charge is 2.33. The third-order valence-electron chi connectivity index (χ3n) is 5.28. The molecule has 6 heteroatoms. The number of ether oxygens (including phenoxy) is 1. The van der Waals surface area contributed by atoms with Crippen molar-refractivity contribution in [1.29, 1.82) is 0 Å². The van der Waals surface area contributed by atoms with Gasteiger partial charge in [-0.2, -0.15) is 13.2 Å². The monoisotopic (exact) mass is 425 g/mol. The summed E-state index contributed by atoms with van der Waals surface area (Å²) >= 11 is 4.80. The maximum absolute atomic E-state index is 12.9. The Morgan fingerprint density at radius 3 is 2.47 bits per heavy atom. The fourth-order valence-electron chi connectivity index (χ4n) is 3.77. The molecule has 0 saturated heterocycles. The molecule has 0 unspecified atom stereocenters. The lowest BCUT2D eigenvalue weighted by Crippen LogP contribution is -2.17. The molecule has 2 nitrogen and oxygen atoms in total. The topological polar surface area (TPSA) is 21.6 Å². The van der Waals surface area contributed by atoms with E-state index in [0.29, 0.717) is 12.2 Å². The Labute approximate surface area is 178 Å². The number of halogens is 3. The van der Waals surface area contributed by atoms with E-state index in [9.17, 15) is 13.2 Å². The molecule has 0 amide bonds. The first kappa shape index (κ1) is 20.5. The lowest BCUT2D eigenvalue weighted by molar-refractivity contribution is -0.137. The maximum Gasteiger partial charge on any atom is 0.416 e. The number of alkyl halides is 3. The molecule has 4 rings (SSSR count). The summed E-state index contributed by atoms with van der Waals surface area (Å²) < 4.78 is 45.0. The molecule has 1 aliphatic rings. The predicted octanol–water partition coefficient (Wildman–Crippen LogP) is 6.66. The number of hydrogen-bond acceptors (Lipinski definition) is 3. The van der Waals surface area contributed by atoms with Crippen molar-refractivity contribution in [2.45, 2.75) is 31.3 Å². The van der Waals surface area contributed by atoms with Crippen molar-refractivity contribution in [3.63, 3.8) is 0 Å². The second-order valence-electron chi connectivity index (χ2n) is 7.19. The van der Waals surface area contributed by atoms with Crippen molar-refractivity contribution in [2.75, 3.05) is 0 Å². The van der Waals surface area contributed by atoms with Gasteiger partial charge < -0.3 is 4.74 Å². The van der Waals surface area contributed by atoms with Crippen LogP contribution in [0.25, 0.3) is 11.1 Å². The van der Waals surface area contributed by atoms with E-state index in [1.807, 2.05) is 42.5 Å². The van der Waals surface area contributed by atoms with Gasteiger partial charge in [0.25, 0.3) is 0 Å². The Kier molecular flexibility index (Phi) is 5.82. The van der Waals surface area contributed by atoms with Crippen molar-refractivity contribution in [2.24, 2.45) is 4.99 Å². The van der Waals surface area contributed by atoms with E-state index in [1.54, 1.807) is 6.07 Å². The number of thiocarbonyl (C=S) groups is 1. The summed E-state index contributed by atoms with van der Waals surface area (Å²) in [7, 11) is 0. The van der Waals surface area contributed by atoms with Gasteiger partial charge in [-0.1, -0.05) is 60.7 Å². The molecule has 152 valence electrons. The number of benzene rings is 3. The zero-order valence-electron chi connectivity index (χ0n) is 15.9. The van der Waals surface area contributed by atoms with Crippen molar-refractivity contribution >= 4 is 17.4 Å². The zero-order valence-corrected chi connectivity index (χ0v) is 16.7. The van der Waals surface area contributed by atoms with Gasteiger partial charge in [0.05, 0.1) is 23.4 Å². The van der Waals surface area contributed by atoms with E-state index in [1.165, 1.54) is 11.6 Å². The molecule has 0 radical (unpaired) electrons. The van der Waals surface area contributed by atoms with Crippen LogP contribution in [0.1, 0.15) is 28.3 Å². The third kappa shape index (κ3) is 4.36. The molecule has 0 saturated carbocycles. The molecule has 3 aromatic carbocycles. The smallest absolute Gasteiger partial charge is 0.371 e. The lowest BCUT2D eigenvalue weighted by atomic mass is 10.0. The molecule has 1 aliphatic carbocycles. The second-order valence-corrected chi connectivity index (χ2v) is 7.38. The van der Waals surface area contributed by atoms with E-state index in [4.69, 9.17) is 17.0 Å². The second kappa shape index (κ2) is 8.52. The minimum atomic E-state index is -4.36. The quantitative estimate of drug-likeness (QED) is 0.337. The third-order valence-corrected chi connectivity index (χ3v) is 5.39. The lowest BCUT2D eigenvalue weighted by Gasteiger charge is -2.17. The summed E-state index contributed by atoms with van der Waals surface area (Å²) in [4.78, 5) is 4.29. The van der Waals surface area contributed by atoms with Crippen LogP contribution in [-0.4, -0.2) is 11.3 Å². The number of aliphatic imine (C=N–C) groups is 1. The minimum absolute atomic E-state index is 0.124. The van der Waals surface area contributed by atoms with Gasteiger partial charge in [-0.25, -0.2) is 4.99 Å². The molecule has 2 atom stereocenters. The number of fused-ring (bicyclic) bond motifs is 1. The predicted molar refractivity (Wildman–Crippen MR) is 113 cm³/mol. The highest BCUT2D eigenvalue weighted by Crippen LogP contribution is 2.36. The normalized spacial score (nSPS) is 18.0. The molecule has 0 N–H and O–H groups in total. The molecule has 3 aromatic rings. The first-order valence-corrected chi connectivity index (χ1v) is 9.89. The summed E-state index contributed by atoms with van der Waals surface area (Å²) in [5.74, 6) is 0. The van der Waals surface area contributed by atoms with Gasteiger partial charge in [0.15, 0.2) is 0 Å². The van der Waals surface area contributed by atoms with E-state index in [0.717, 1.165) is 35.2 Å². The number of rotatable bonds is 5. The fraction of sp³-hybridized carbons (Fsp3) is 0.208. The van der Waals surface area contributed by atoms with E-state index < -0.39 is 11.7 Å². The van der Waals surface area contributed by atoms with Crippen molar-refractivity contribution in [3.8, 4) is 11.1 Å². The molecular formula is C24H18F3NOS. The van der Waals surface area contributed by atoms with Crippen LogP contribution < -0.4 is 0 Å². The Hall–Kier alpha value is -2.79. The first-order valence-electron chi connectivity index (χ1n) is 9.48. The number of nitrogens with zero attached hydrogens (tertiary/aromatic N) is 1. The van der Waals surface area contributed by atoms with Gasteiger partial charge in [0, 0.05) is 6.42 Å². The van der Waals surface area contributed by atoms with Crippen LogP contribution in [-0.2, 0) is 23.9 Å². The zero-order chi connectivity index (χ0) is 21.1. The molecule has 0 aromatic heterocycles. The van der Waals surface area contributed by atoms with Crippen LogP contribution in [0.3, 0.4) is 0 Å². The molecule has 0 spiro atoms. The molecule has 0 aliphatic heterocycles. The summed E-state index contributed by atoms with van der Waals surface area (Å²) in [5, 5.41) is 2.47.